The second-order valence-electron chi connectivity index (χ2n) is 9.00. The number of nitrogens with zero attached hydrogens (tertiary/aromatic N) is 1. The van der Waals surface area contributed by atoms with E-state index >= 15 is 0 Å². The maximum atomic E-state index is 12.9. The number of fused-ring (bicyclic) bond motifs is 1. The lowest BCUT2D eigenvalue weighted by Crippen LogP contribution is -2.41. The number of hydrogen-bond donors (Lipinski definition) is 0. The summed E-state index contributed by atoms with van der Waals surface area (Å²) in [7, 11) is -0.384. The Kier molecular flexibility index (Phi) is 4.63. The molecule has 0 bridgehead atoms. The van der Waals surface area contributed by atoms with E-state index in [4.69, 9.17) is 9.31 Å². The van der Waals surface area contributed by atoms with Gasteiger partial charge in [-0.1, -0.05) is 43.3 Å². The molecule has 2 aliphatic heterocycles. The van der Waals surface area contributed by atoms with Crippen LogP contribution in [-0.2, 0) is 15.9 Å². The van der Waals surface area contributed by atoms with Gasteiger partial charge in [-0.3, -0.25) is 4.79 Å². The number of rotatable bonds is 2. The van der Waals surface area contributed by atoms with E-state index in [9.17, 15) is 4.79 Å². The van der Waals surface area contributed by atoms with Gasteiger partial charge in [-0.2, -0.15) is 0 Å². The van der Waals surface area contributed by atoms with Crippen molar-refractivity contribution in [2.24, 2.45) is 0 Å². The van der Waals surface area contributed by atoms with E-state index in [2.05, 4.69) is 52.8 Å². The molecular formula is C23H28BNO3. The Bertz CT molecular complexity index is 878. The smallest absolute Gasteiger partial charge is 0.399 e. The average molecular weight is 377 g/mol. The van der Waals surface area contributed by atoms with Crippen molar-refractivity contribution in [1.82, 2.24) is 4.90 Å². The van der Waals surface area contributed by atoms with Gasteiger partial charge in [0, 0.05) is 18.7 Å². The van der Waals surface area contributed by atoms with Gasteiger partial charge in [0.2, 0.25) is 0 Å². The molecule has 4 nitrogen and oxygen atoms in total. The third-order valence-electron chi connectivity index (χ3n) is 6.39. The summed E-state index contributed by atoms with van der Waals surface area (Å²) in [5.41, 5.74) is 3.50. The summed E-state index contributed by atoms with van der Waals surface area (Å²) >= 11 is 0. The number of carbonyl (C=O) groups is 1. The summed E-state index contributed by atoms with van der Waals surface area (Å²) in [5.74, 6) is 0.378. The zero-order chi connectivity index (χ0) is 20.1. The van der Waals surface area contributed by atoms with Gasteiger partial charge in [-0.25, -0.2) is 0 Å². The van der Waals surface area contributed by atoms with Crippen LogP contribution in [0.4, 0.5) is 0 Å². The summed E-state index contributed by atoms with van der Waals surface area (Å²) in [4.78, 5) is 14.9. The predicted octanol–water partition coefficient (Wildman–Crippen LogP) is 3.75. The Morgan fingerprint density at radius 1 is 1.04 bits per heavy atom. The molecule has 2 aromatic carbocycles. The third kappa shape index (κ3) is 3.27. The second kappa shape index (κ2) is 6.75. The lowest BCUT2D eigenvalue weighted by molar-refractivity contribution is 0.00578. The van der Waals surface area contributed by atoms with Gasteiger partial charge in [-0.15, -0.1) is 0 Å². The van der Waals surface area contributed by atoms with Crippen LogP contribution >= 0.6 is 0 Å². The van der Waals surface area contributed by atoms with E-state index in [1.54, 1.807) is 0 Å². The van der Waals surface area contributed by atoms with Crippen LogP contribution in [0.3, 0.4) is 0 Å². The summed E-state index contributed by atoms with van der Waals surface area (Å²) in [6.07, 6.45) is 0. The van der Waals surface area contributed by atoms with E-state index in [0.29, 0.717) is 12.5 Å². The van der Waals surface area contributed by atoms with Gasteiger partial charge in [0.05, 0.1) is 11.2 Å². The molecular weight excluding hydrogens is 349 g/mol. The fourth-order valence-electron chi connectivity index (χ4n) is 3.99. The first kappa shape index (κ1) is 19.2. The molecule has 0 aromatic heterocycles. The number of benzene rings is 2. The average Bonchev–Trinajstić information content (AvgIpc) is 2.88. The molecule has 0 spiro atoms. The molecule has 0 saturated carbocycles. The lowest BCUT2D eigenvalue weighted by Gasteiger charge is -2.33. The predicted molar refractivity (Wildman–Crippen MR) is 112 cm³/mol. The summed E-state index contributed by atoms with van der Waals surface area (Å²) in [5, 5.41) is 0. The van der Waals surface area contributed by atoms with Crippen LogP contribution in [0.1, 0.15) is 62.0 Å². The monoisotopic (exact) mass is 377 g/mol. The molecule has 1 amide bonds. The highest BCUT2D eigenvalue weighted by Gasteiger charge is 2.51. The number of carbonyl (C=O) groups excluding carboxylic acids is 1. The minimum Gasteiger partial charge on any atom is -0.399 e. The van der Waals surface area contributed by atoms with E-state index in [1.807, 2.05) is 35.2 Å². The van der Waals surface area contributed by atoms with Crippen molar-refractivity contribution in [1.29, 1.82) is 0 Å². The first-order chi connectivity index (χ1) is 13.2. The van der Waals surface area contributed by atoms with Crippen LogP contribution in [0.2, 0.25) is 0 Å². The van der Waals surface area contributed by atoms with E-state index in [-0.39, 0.29) is 24.2 Å². The SMILES string of the molecule is CC1CN(C(=O)c2ccccc2)Cc2cc(B3OC(C)(C)C(C)(C)O3)ccc21. The normalized spacial score (nSPS) is 22.8. The molecule has 1 atom stereocenters. The Labute approximate surface area is 168 Å². The highest BCUT2D eigenvalue weighted by Crippen LogP contribution is 2.37. The maximum Gasteiger partial charge on any atom is 0.494 e. The third-order valence-corrected chi connectivity index (χ3v) is 6.39. The van der Waals surface area contributed by atoms with Crippen LogP contribution in [0, 0.1) is 0 Å². The quantitative estimate of drug-likeness (QED) is 0.749. The van der Waals surface area contributed by atoms with Crippen LogP contribution in [-0.4, -0.2) is 35.7 Å². The molecule has 2 aliphatic rings. The molecule has 0 aliphatic carbocycles. The maximum absolute atomic E-state index is 12.9. The van der Waals surface area contributed by atoms with Gasteiger partial charge in [0.25, 0.3) is 5.91 Å². The van der Waals surface area contributed by atoms with Gasteiger partial charge in [-0.05, 0) is 62.3 Å². The van der Waals surface area contributed by atoms with Crippen LogP contribution in [0.5, 0.6) is 0 Å². The Morgan fingerprint density at radius 3 is 2.32 bits per heavy atom. The molecule has 1 fully saturated rings. The van der Waals surface area contributed by atoms with E-state index < -0.39 is 0 Å². The van der Waals surface area contributed by atoms with E-state index in [1.165, 1.54) is 11.1 Å². The molecule has 1 saturated heterocycles. The van der Waals surface area contributed by atoms with Crippen molar-refractivity contribution in [2.75, 3.05) is 6.54 Å². The van der Waals surface area contributed by atoms with Gasteiger partial charge >= 0.3 is 7.12 Å². The highest BCUT2D eigenvalue weighted by atomic mass is 16.7. The zero-order valence-corrected chi connectivity index (χ0v) is 17.4. The minimum atomic E-state index is -0.384. The highest BCUT2D eigenvalue weighted by molar-refractivity contribution is 6.62. The van der Waals surface area contributed by atoms with Crippen LogP contribution in [0.25, 0.3) is 0 Å². The molecule has 0 radical (unpaired) electrons. The minimum absolute atomic E-state index is 0.0825. The zero-order valence-electron chi connectivity index (χ0n) is 17.4. The summed E-state index contributed by atoms with van der Waals surface area (Å²) in [6.45, 7) is 11.8. The van der Waals surface area contributed by atoms with Crippen LogP contribution in [0.15, 0.2) is 48.5 Å². The largest absolute Gasteiger partial charge is 0.494 e. The standard InChI is InChI=1S/C23H28BNO3/c1-16-14-25(21(26)17-9-7-6-8-10-17)15-18-13-19(11-12-20(16)18)24-27-22(2,3)23(4,5)28-24/h6-13,16H,14-15H2,1-5H3. The Hall–Kier alpha value is -2.11. The number of hydrogen-bond acceptors (Lipinski definition) is 3. The van der Waals surface area contributed by atoms with Gasteiger partial charge < -0.3 is 14.2 Å². The van der Waals surface area contributed by atoms with E-state index in [0.717, 1.165) is 17.6 Å². The van der Waals surface area contributed by atoms with Crippen molar-refractivity contribution in [2.45, 2.75) is 58.3 Å². The first-order valence-corrected chi connectivity index (χ1v) is 10.0. The molecule has 4 rings (SSSR count). The van der Waals surface area contributed by atoms with Gasteiger partial charge in [0.1, 0.15) is 0 Å². The first-order valence-electron chi connectivity index (χ1n) is 10.0. The van der Waals surface area contributed by atoms with Gasteiger partial charge in [0.15, 0.2) is 0 Å². The van der Waals surface area contributed by atoms with Crippen LogP contribution < -0.4 is 5.46 Å². The fourth-order valence-corrected chi connectivity index (χ4v) is 3.99. The molecule has 1 unspecified atom stereocenters. The van der Waals surface area contributed by atoms with Crippen molar-refractivity contribution in [3.8, 4) is 0 Å². The molecule has 2 heterocycles. The molecule has 28 heavy (non-hydrogen) atoms. The Balaban J connectivity index is 1.60. The van der Waals surface area contributed by atoms with Crippen molar-refractivity contribution >= 4 is 18.5 Å². The Morgan fingerprint density at radius 2 is 1.68 bits per heavy atom. The fraction of sp³-hybridized carbons (Fsp3) is 0.435. The summed E-state index contributed by atoms with van der Waals surface area (Å²) < 4.78 is 12.4. The molecule has 0 N–H and O–H groups in total. The lowest BCUT2D eigenvalue weighted by atomic mass is 9.76. The molecule has 5 heteroatoms. The van der Waals surface area contributed by atoms with Crippen molar-refractivity contribution in [3.63, 3.8) is 0 Å². The molecule has 146 valence electrons. The number of amides is 1. The second-order valence-corrected chi connectivity index (χ2v) is 9.00. The topological polar surface area (TPSA) is 38.8 Å². The van der Waals surface area contributed by atoms with Crippen molar-refractivity contribution < 1.29 is 14.1 Å². The summed E-state index contributed by atoms with van der Waals surface area (Å²) in [6, 6.07) is 15.9. The molecule has 2 aromatic rings. The van der Waals surface area contributed by atoms with Crippen molar-refractivity contribution in [3.05, 3.63) is 65.2 Å².